The topological polar surface area (TPSA) is 26.0 Å². The van der Waals surface area contributed by atoms with Gasteiger partial charge in [0.05, 0.1) is 0 Å². The Labute approximate surface area is 75.0 Å². The molecule has 0 fully saturated rings. The summed E-state index contributed by atoms with van der Waals surface area (Å²) in [6.45, 7) is 11.4. The maximum Gasteiger partial charge on any atom is 0.0343 e. The number of hydrogen-bond donors (Lipinski definition) is 1. The molecule has 0 rings (SSSR count). The van der Waals surface area contributed by atoms with Crippen LogP contribution in [-0.4, -0.2) is 0 Å². The normalized spacial score (nSPS) is 13.2. The van der Waals surface area contributed by atoms with E-state index in [-0.39, 0.29) is 0 Å². The summed E-state index contributed by atoms with van der Waals surface area (Å²) < 4.78 is 0. The summed E-state index contributed by atoms with van der Waals surface area (Å²) in [7, 11) is 0. The SMILES string of the molecule is C=C/C=C\C(=C(\N)C=C)C(C)C. The fourth-order valence-electron chi connectivity index (χ4n) is 0.912. The molecule has 0 aliphatic heterocycles. The molecule has 12 heavy (non-hydrogen) atoms. The molecule has 0 saturated heterocycles. The van der Waals surface area contributed by atoms with Crippen LogP contribution in [0.25, 0.3) is 0 Å². The second-order valence-corrected chi connectivity index (χ2v) is 2.86. The quantitative estimate of drug-likeness (QED) is 0.634. The van der Waals surface area contributed by atoms with Crippen molar-refractivity contribution in [2.24, 2.45) is 11.7 Å². The molecule has 0 aromatic heterocycles. The molecule has 0 spiro atoms. The van der Waals surface area contributed by atoms with E-state index >= 15 is 0 Å². The second kappa shape index (κ2) is 5.42. The van der Waals surface area contributed by atoms with Crippen LogP contribution in [0.5, 0.6) is 0 Å². The summed E-state index contributed by atoms with van der Waals surface area (Å²) in [6, 6.07) is 0. The lowest BCUT2D eigenvalue weighted by atomic mass is 10.0. The van der Waals surface area contributed by atoms with Crippen molar-refractivity contribution >= 4 is 0 Å². The Bertz CT molecular complexity index is 219. The highest BCUT2D eigenvalue weighted by molar-refractivity contribution is 5.32. The van der Waals surface area contributed by atoms with Gasteiger partial charge in [-0.1, -0.05) is 45.2 Å². The van der Waals surface area contributed by atoms with E-state index in [4.69, 9.17) is 5.73 Å². The zero-order valence-corrected chi connectivity index (χ0v) is 7.88. The molecule has 0 unspecified atom stereocenters. The highest BCUT2D eigenvalue weighted by atomic mass is 14.6. The summed E-state index contributed by atoms with van der Waals surface area (Å²) in [5.41, 5.74) is 7.58. The highest BCUT2D eigenvalue weighted by Gasteiger charge is 2.01. The predicted molar refractivity (Wildman–Crippen MR) is 55.6 cm³/mol. The third-order valence-electron chi connectivity index (χ3n) is 1.59. The molecular formula is C11H17N. The van der Waals surface area contributed by atoms with Crippen LogP contribution < -0.4 is 5.73 Å². The van der Waals surface area contributed by atoms with Gasteiger partial charge in [-0.2, -0.15) is 0 Å². The summed E-state index contributed by atoms with van der Waals surface area (Å²) in [5, 5.41) is 0. The van der Waals surface area contributed by atoms with Crippen molar-refractivity contribution in [3.05, 3.63) is 48.7 Å². The summed E-state index contributed by atoms with van der Waals surface area (Å²) in [4.78, 5) is 0. The van der Waals surface area contributed by atoms with E-state index in [1.807, 2.05) is 12.2 Å². The third-order valence-corrected chi connectivity index (χ3v) is 1.59. The number of hydrogen-bond acceptors (Lipinski definition) is 1. The molecule has 0 aliphatic rings. The van der Waals surface area contributed by atoms with Crippen LogP contribution in [0.4, 0.5) is 0 Å². The maximum absolute atomic E-state index is 5.73. The van der Waals surface area contributed by atoms with Crippen molar-refractivity contribution in [3.8, 4) is 0 Å². The van der Waals surface area contributed by atoms with Gasteiger partial charge in [0.15, 0.2) is 0 Å². The van der Waals surface area contributed by atoms with Crippen LogP contribution in [0.2, 0.25) is 0 Å². The van der Waals surface area contributed by atoms with Crippen molar-refractivity contribution < 1.29 is 0 Å². The summed E-state index contributed by atoms with van der Waals surface area (Å²) in [5.74, 6) is 0.416. The van der Waals surface area contributed by atoms with E-state index < -0.39 is 0 Å². The fourth-order valence-corrected chi connectivity index (χ4v) is 0.912. The van der Waals surface area contributed by atoms with Crippen LogP contribution in [0.1, 0.15) is 13.8 Å². The molecule has 0 bridgehead atoms. The molecule has 0 aromatic rings. The largest absolute Gasteiger partial charge is 0.399 e. The van der Waals surface area contributed by atoms with Crippen molar-refractivity contribution in [2.75, 3.05) is 0 Å². The van der Waals surface area contributed by atoms with Gasteiger partial charge < -0.3 is 5.73 Å². The van der Waals surface area contributed by atoms with Gasteiger partial charge in [-0.15, -0.1) is 0 Å². The summed E-state index contributed by atoms with van der Waals surface area (Å²) in [6.07, 6.45) is 7.25. The van der Waals surface area contributed by atoms with E-state index in [2.05, 4.69) is 27.0 Å². The van der Waals surface area contributed by atoms with Crippen LogP contribution in [0.3, 0.4) is 0 Å². The van der Waals surface area contributed by atoms with Gasteiger partial charge in [0.2, 0.25) is 0 Å². The number of rotatable bonds is 4. The first kappa shape index (κ1) is 10.8. The molecule has 1 nitrogen and oxygen atoms in total. The second-order valence-electron chi connectivity index (χ2n) is 2.86. The first-order valence-electron chi connectivity index (χ1n) is 4.04. The van der Waals surface area contributed by atoms with Crippen LogP contribution in [-0.2, 0) is 0 Å². The number of allylic oxidation sites excluding steroid dienone is 5. The molecule has 66 valence electrons. The van der Waals surface area contributed by atoms with Gasteiger partial charge in [-0.25, -0.2) is 0 Å². The third kappa shape index (κ3) is 3.24. The van der Waals surface area contributed by atoms with Crippen LogP contribution in [0, 0.1) is 5.92 Å². The van der Waals surface area contributed by atoms with Crippen molar-refractivity contribution in [1.82, 2.24) is 0 Å². The van der Waals surface area contributed by atoms with Gasteiger partial charge >= 0.3 is 0 Å². The van der Waals surface area contributed by atoms with Gasteiger partial charge in [0.1, 0.15) is 0 Å². The first-order chi connectivity index (χ1) is 5.63. The Morgan fingerprint density at radius 2 is 1.92 bits per heavy atom. The van der Waals surface area contributed by atoms with Gasteiger partial charge in [0.25, 0.3) is 0 Å². The van der Waals surface area contributed by atoms with Crippen molar-refractivity contribution in [3.63, 3.8) is 0 Å². The van der Waals surface area contributed by atoms with E-state index in [1.165, 1.54) is 0 Å². The van der Waals surface area contributed by atoms with E-state index in [0.29, 0.717) is 5.92 Å². The highest BCUT2D eigenvalue weighted by Crippen LogP contribution is 2.14. The fraction of sp³-hybridized carbons (Fsp3) is 0.273. The number of nitrogens with two attached hydrogens (primary N) is 1. The average molecular weight is 163 g/mol. The Balaban J connectivity index is 4.77. The Hall–Kier alpha value is -1.24. The zero-order chi connectivity index (χ0) is 9.56. The molecule has 1 heteroatoms. The maximum atomic E-state index is 5.73. The molecule has 0 atom stereocenters. The van der Waals surface area contributed by atoms with Gasteiger partial charge in [-0.3, -0.25) is 0 Å². The van der Waals surface area contributed by atoms with Crippen molar-refractivity contribution in [1.29, 1.82) is 0 Å². The standard InChI is InChI=1S/C11H17N/c1-5-7-8-10(9(3)4)11(12)6-2/h5-9H,1-2,12H2,3-4H3/b8-7-,11-10-. The molecule has 0 saturated carbocycles. The smallest absolute Gasteiger partial charge is 0.0343 e. The van der Waals surface area contributed by atoms with Crippen LogP contribution >= 0.6 is 0 Å². The molecule has 2 N–H and O–H groups in total. The lowest BCUT2D eigenvalue weighted by Crippen LogP contribution is -2.02. The molecule has 0 heterocycles. The Morgan fingerprint density at radius 3 is 2.25 bits per heavy atom. The lowest BCUT2D eigenvalue weighted by molar-refractivity contribution is 0.782. The Kier molecular flexibility index (Phi) is 4.86. The van der Waals surface area contributed by atoms with E-state index in [0.717, 1.165) is 11.3 Å². The van der Waals surface area contributed by atoms with E-state index in [1.54, 1.807) is 12.2 Å². The molecule has 0 radical (unpaired) electrons. The van der Waals surface area contributed by atoms with Crippen molar-refractivity contribution in [2.45, 2.75) is 13.8 Å². The minimum atomic E-state index is 0.416. The minimum absolute atomic E-state index is 0.416. The zero-order valence-electron chi connectivity index (χ0n) is 7.88. The predicted octanol–water partition coefficient (Wildman–Crippen LogP) is 2.78. The van der Waals surface area contributed by atoms with Crippen LogP contribution in [0.15, 0.2) is 48.7 Å². The van der Waals surface area contributed by atoms with Gasteiger partial charge in [-0.05, 0) is 17.6 Å². The minimum Gasteiger partial charge on any atom is -0.399 e. The summed E-state index contributed by atoms with van der Waals surface area (Å²) >= 11 is 0. The molecular weight excluding hydrogens is 146 g/mol. The van der Waals surface area contributed by atoms with Gasteiger partial charge in [0, 0.05) is 5.70 Å². The Morgan fingerprint density at radius 1 is 1.33 bits per heavy atom. The monoisotopic (exact) mass is 163 g/mol. The first-order valence-corrected chi connectivity index (χ1v) is 4.04. The molecule has 0 aromatic carbocycles. The molecule has 0 aliphatic carbocycles. The molecule has 0 amide bonds. The average Bonchev–Trinajstić information content (AvgIpc) is 2.04. The van der Waals surface area contributed by atoms with E-state index in [9.17, 15) is 0 Å². The lowest BCUT2D eigenvalue weighted by Gasteiger charge is -2.08.